The van der Waals surface area contributed by atoms with Gasteiger partial charge in [-0.2, -0.15) is 0 Å². The number of ether oxygens (including phenoxy) is 2. The van der Waals surface area contributed by atoms with Gasteiger partial charge in [-0.15, -0.1) is 0 Å². The standard InChI is InChI=1S/C17H19NO2/c1-19-15-8-2-5-13(11-15)12-20-16-9-3-6-14-7-4-10-18-17(14)16/h2-3,5-6,8-9,11,18H,4,7,10,12H2,1H3. The van der Waals surface area contributed by atoms with Crippen LogP contribution in [0.5, 0.6) is 11.5 Å². The molecule has 2 aromatic carbocycles. The van der Waals surface area contributed by atoms with Gasteiger partial charge in [0.15, 0.2) is 0 Å². The Kier molecular flexibility index (Phi) is 3.77. The van der Waals surface area contributed by atoms with Crippen LogP contribution in [0.25, 0.3) is 0 Å². The summed E-state index contributed by atoms with van der Waals surface area (Å²) < 4.78 is 11.2. The highest BCUT2D eigenvalue weighted by atomic mass is 16.5. The third-order valence-corrected chi connectivity index (χ3v) is 3.57. The molecule has 0 saturated heterocycles. The smallest absolute Gasteiger partial charge is 0.143 e. The van der Waals surface area contributed by atoms with Crippen molar-refractivity contribution in [2.45, 2.75) is 19.4 Å². The number of anilines is 1. The van der Waals surface area contributed by atoms with Crippen molar-refractivity contribution in [1.82, 2.24) is 0 Å². The van der Waals surface area contributed by atoms with Gasteiger partial charge in [-0.25, -0.2) is 0 Å². The summed E-state index contributed by atoms with van der Waals surface area (Å²) in [4.78, 5) is 0. The van der Waals surface area contributed by atoms with Crippen LogP contribution in [0.1, 0.15) is 17.5 Å². The number of aryl methyl sites for hydroxylation is 1. The summed E-state index contributed by atoms with van der Waals surface area (Å²) in [6.07, 6.45) is 2.31. The van der Waals surface area contributed by atoms with Gasteiger partial charge < -0.3 is 14.8 Å². The molecule has 1 N–H and O–H groups in total. The zero-order chi connectivity index (χ0) is 13.8. The van der Waals surface area contributed by atoms with Crippen LogP contribution in [0.15, 0.2) is 42.5 Å². The van der Waals surface area contributed by atoms with Gasteiger partial charge in [-0.05, 0) is 42.2 Å². The first-order valence-electron chi connectivity index (χ1n) is 6.98. The van der Waals surface area contributed by atoms with Crippen LogP contribution in [-0.4, -0.2) is 13.7 Å². The normalized spacial score (nSPS) is 13.2. The highest BCUT2D eigenvalue weighted by molar-refractivity contribution is 5.63. The van der Waals surface area contributed by atoms with E-state index >= 15 is 0 Å². The first kappa shape index (κ1) is 12.9. The van der Waals surface area contributed by atoms with Crippen molar-refractivity contribution in [1.29, 1.82) is 0 Å². The van der Waals surface area contributed by atoms with Gasteiger partial charge in [0, 0.05) is 6.54 Å². The second-order valence-corrected chi connectivity index (χ2v) is 4.96. The van der Waals surface area contributed by atoms with Crippen LogP contribution in [0.3, 0.4) is 0 Å². The van der Waals surface area contributed by atoms with E-state index in [1.165, 1.54) is 12.0 Å². The van der Waals surface area contributed by atoms with Crippen molar-refractivity contribution in [3.05, 3.63) is 53.6 Å². The topological polar surface area (TPSA) is 30.5 Å². The minimum absolute atomic E-state index is 0.551. The SMILES string of the molecule is COc1cccc(COc2cccc3c2NCCC3)c1. The summed E-state index contributed by atoms with van der Waals surface area (Å²) >= 11 is 0. The molecular formula is C17H19NO2. The number of nitrogens with one attached hydrogen (secondary N) is 1. The van der Waals surface area contributed by atoms with Crippen molar-refractivity contribution < 1.29 is 9.47 Å². The summed E-state index contributed by atoms with van der Waals surface area (Å²) in [6.45, 7) is 1.57. The molecule has 20 heavy (non-hydrogen) atoms. The Balaban J connectivity index is 1.75. The molecule has 1 aliphatic heterocycles. The number of fused-ring (bicyclic) bond motifs is 1. The minimum Gasteiger partial charge on any atom is -0.497 e. The van der Waals surface area contributed by atoms with Crippen molar-refractivity contribution in [3.63, 3.8) is 0 Å². The van der Waals surface area contributed by atoms with Crippen LogP contribution in [0.4, 0.5) is 5.69 Å². The van der Waals surface area contributed by atoms with Gasteiger partial charge in [-0.3, -0.25) is 0 Å². The van der Waals surface area contributed by atoms with Gasteiger partial charge in [0.25, 0.3) is 0 Å². The molecule has 0 aliphatic carbocycles. The van der Waals surface area contributed by atoms with E-state index in [2.05, 4.69) is 17.4 Å². The molecule has 0 radical (unpaired) electrons. The highest BCUT2D eigenvalue weighted by Gasteiger charge is 2.13. The zero-order valence-electron chi connectivity index (χ0n) is 11.7. The lowest BCUT2D eigenvalue weighted by Gasteiger charge is -2.21. The summed E-state index contributed by atoms with van der Waals surface area (Å²) in [5.41, 5.74) is 3.61. The number of methoxy groups -OCH3 is 1. The number of para-hydroxylation sites is 1. The van der Waals surface area contributed by atoms with Crippen LogP contribution < -0.4 is 14.8 Å². The van der Waals surface area contributed by atoms with Crippen LogP contribution in [-0.2, 0) is 13.0 Å². The average Bonchev–Trinajstić information content (AvgIpc) is 2.53. The van der Waals surface area contributed by atoms with Crippen molar-refractivity contribution >= 4 is 5.69 Å². The minimum atomic E-state index is 0.551. The van der Waals surface area contributed by atoms with E-state index in [1.54, 1.807) is 7.11 Å². The molecular weight excluding hydrogens is 250 g/mol. The maximum absolute atomic E-state index is 5.97. The van der Waals surface area contributed by atoms with Crippen LogP contribution in [0.2, 0.25) is 0 Å². The summed E-state index contributed by atoms with van der Waals surface area (Å²) in [6, 6.07) is 14.2. The van der Waals surface area contributed by atoms with Crippen molar-refractivity contribution in [3.8, 4) is 11.5 Å². The Hall–Kier alpha value is -2.16. The van der Waals surface area contributed by atoms with E-state index in [4.69, 9.17) is 9.47 Å². The third kappa shape index (κ3) is 2.72. The molecule has 0 unspecified atom stereocenters. The second-order valence-electron chi connectivity index (χ2n) is 4.96. The summed E-state index contributed by atoms with van der Waals surface area (Å²) in [5.74, 6) is 1.80. The number of rotatable bonds is 4. The van der Waals surface area contributed by atoms with E-state index in [1.807, 2.05) is 30.3 Å². The molecule has 0 fully saturated rings. The van der Waals surface area contributed by atoms with Gasteiger partial charge in [-0.1, -0.05) is 24.3 Å². The zero-order valence-corrected chi connectivity index (χ0v) is 11.7. The molecule has 0 aromatic heterocycles. The molecule has 3 nitrogen and oxygen atoms in total. The van der Waals surface area contributed by atoms with E-state index in [9.17, 15) is 0 Å². The fourth-order valence-electron chi connectivity index (χ4n) is 2.52. The van der Waals surface area contributed by atoms with Gasteiger partial charge in [0.05, 0.1) is 12.8 Å². The predicted molar refractivity (Wildman–Crippen MR) is 80.6 cm³/mol. The first-order chi connectivity index (χ1) is 9.86. The first-order valence-corrected chi connectivity index (χ1v) is 6.98. The lowest BCUT2D eigenvalue weighted by atomic mass is 10.0. The molecule has 0 bridgehead atoms. The molecule has 0 atom stereocenters. The maximum Gasteiger partial charge on any atom is 0.143 e. The van der Waals surface area contributed by atoms with Gasteiger partial charge >= 0.3 is 0 Å². The van der Waals surface area contributed by atoms with E-state index < -0.39 is 0 Å². The molecule has 0 spiro atoms. The summed E-state index contributed by atoms with van der Waals surface area (Å²) in [5, 5.41) is 3.44. The molecule has 0 saturated carbocycles. The highest BCUT2D eigenvalue weighted by Crippen LogP contribution is 2.32. The molecule has 3 heteroatoms. The second kappa shape index (κ2) is 5.87. The Morgan fingerprint density at radius 1 is 1.15 bits per heavy atom. The molecule has 3 rings (SSSR count). The quantitative estimate of drug-likeness (QED) is 0.919. The molecule has 0 amide bonds. The lowest BCUT2D eigenvalue weighted by molar-refractivity contribution is 0.306. The molecule has 104 valence electrons. The molecule has 1 heterocycles. The number of hydrogen-bond acceptors (Lipinski definition) is 3. The van der Waals surface area contributed by atoms with Gasteiger partial charge in [0.1, 0.15) is 18.1 Å². The molecule has 1 aliphatic rings. The Bertz CT molecular complexity index is 595. The third-order valence-electron chi connectivity index (χ3n) is 3.57. The van der Waals surface area contributed by atoms with Crippen LogP contribution in [0, 0.1) is 0 Å². The van der Waals surface area contributed by atoms with Crippen molar-refractivity contribution in [2.24, 2.45) is 0 Å². The van der Waals surface area contributed by atoms with Gasteiger partial charge in [0.2, 0.25) is 0 Å². The maximum atomic E-state index is 5.97. The fraction of sp³-hybridized carbons (Fsp3) is 0.294. The average molecular weight is 269 g/mol. The Morgan fingerprint density at radius 2 is 2.05 bits per heavy atom. The van der Waals surface area contributed by atoms with Crippen molar-refractivity contribution in [2.75, 3.05) is 19.0 Å². The summed E-state index contributed by atoms with van der Waals surface area (Å²) in [7, 11) is 1.68. The van der Waals surface area contributed by atoms with E-state index in [0.29, 0.717) is 6.61 Å². The largest absolute Gasteiger partial charge is 0.497 e. The number of benzene rings is 2. The van der Waals surface area contributed by atoms with E-state index in [0.717, 1.165) is 35.7 Å². The molecule has 2 aromatic rings. The predicted octanol–water partition coefficient (Wildman–Crippen LogP) is 3.63. The fourth-order valence-corrected chi connectivity index (χ4v) is 2.52. The van der Waals surface area contributed by atoms with E-state index in [-0.39, 0.29) is 0 Å². The Morgan fingerprint density at radius 3 is 2.95 bits per heavy atom. The Labute approximate surface area is 119 Å². The number of hydrogen-bond donors (Lipinski definition) is 1. The van der Waals surface area contributed by atoms with Crippen LogP contribution >= 0.6 is 0 Å². The lowest BCUT2D eigenvalue weighted by Crippen LogP contribution is -2.13. The monoisotopic (exact) mass is 269 g/mol.